The molecule has 0 aromatic carbocycles. The summed E-state index contributed by atoms with van der Waals surface area (Å²) in [7, 11) is 1.78. The fraction of sp³-hybridized carbons (Fsp3) is 0.462. The van der Waals surface area contributed by atoms with Gasteiger partial charge in [-0.3, -0.25) is 9.98 Å². The van der Waals surface area contributed by atoms with Crippen LogP contribution in [-0.2, 0) is 9.47 Å². The molecule has 0 bridgehead atoms. The lowest BCUT2D eigenvalue weighted by Crippen LogP contribution is -2.32. The molecule has 6 nitrogen and oxygen atoms in total. The molecule has 0 amide bonds. The van der Waals surface area contributed by atoms with Crippen LogP contribution in [-0.4, -0.2) is 62.3 Å². The Morgan fingerprint density at radius 3 is 2.94 bits per heavy atom. The van der Waals surface area contributed by atoms with Gasteiger partial charge in [-0.05, 0) is 50.1 Å². The summed E-state index contributed by atoms with van der Waals surface area (Å²) in [6, 6.07) is 0. The summed E-state index contributed by atoms with van der Waals surface area (Å²) < 4.78 is 11.9. The van der Waals surface area contributed by atoms with Crippen LogP contribution in [0.2, 0.25) is 0 Å². The Bertz CT molecular complexity index is 905. The van der Waals surface area contributed by atoms with Crippen LogP contribution in [0.5, 0.6) is 0 Å². The largest absolute Gasteiger partial charge is 0.486 e. The highest BCUT2D eigenvalue weighted by Gasteiger charge is 2.22. The molecule has 1 fully saturated rings. The number of morpholine rings is 1. The van der Waals surface area contributed by atoms with Gasteiger partial charge in [0.2, 0.25) is 0 Å². The number of rotatable bonds is 8. The van der Waals surface area contributed by atoms with E-state index in [1.807, 2.05) is 37.4 Å². The van der Waals surface area contributed by atoms with E-state index < -0.39 is 0 Å². The molecule has 33 heavy (non-hydrogen) atoms. The first kappa shape index (κ1) is 25.2. The van der Waals surface area contributed by atoms with Gasteiger partial charge in [0.15, 0.2) is 0 Å². The van der Waals surface area contributed by atoms with Crippen molar-refractivity contribution < 1.29 is 9.47 Å². The standard InChI is InChI=1S/C26H35ClN4O2/c1-20(29-2)16-24(9-11-31-12-14-32-15-13-31)33-25-17-22(6-7-23(27)18-25)26-5-3-4-21(8-10-28)19-30-26/h3-4,6-7,9,11,16,18-19,22,25H,5,8,10,12-15,17,28H2,1-2H3/b11-9+,24-16+,29-20?. The van der Waals surface area contributed by atoms with Crippen molar-refractivity contribution in [3.8, 4) is 0 Å². The van der Waals surface area contributed by atoms with E-state index in [0.717, 1.165) is 68.3 Å². The third-order valence-corrected chi connectivity index (χ3v) is 5.97. The molecule has 3 rings (SSSR count). The molecule has 2 unspecified atom stereocenters. The third kappa shape index (κ3) is 8.46. The number of halogens is 1. The van der Waals surface area contributed by atoms with Crippen molar-refractivity contribution in [2.75, 3.05) is 39.9 Å². The SMILES string of the molecule is CN=C(C)/C=C(\C=C\N1CCOCC1)OC1C=C(Cl)C=CC(C2=NC=C(CCN)C=CC2)C1. The highest BCUT2D eigenvalue weighted by molar-refractivity contribution is 6.31. The first-order valence-electron chi connectivity index (χ1n) is 11.6. The maximum Gasteiger partial charge on any atom is 0.123 e. The zero-order valence-electron chi connectivity index (χ0n) is 19.6. The Kier molecular flexibility index (Phi) is 10.2. The molecule has 0 radical (unpaired) electrons. The molecule has 3 aliphatic rings. The Morgan fingerprint density at radius 1 is 1.36 bits per heavy atom. The zero-order valence-corrected chi connectivity index (χ0v) is 20.4. The van der Waals surface area contributed by atoms with Gasteiger partial charge in [-0.15, -0.1) is 0 Å². The normalized spacial score (nSPS) is 24.8. The minimum Gasteiger partial charge on any atom is -0.486 e. The van der Waals surface area contributed by atoms with Gasteiger partial charge in [0.1, 0.15) is 11.9 Å². The van der Waals surface area contributed by atoms with E-state index in [1.54, 1.807) is 7.05 Å². The Morgan fingerprint density at radius 2 is 2.18 bits per heavy atom. The number of allylic oxidation sites excluding steroid dienone is 7. The Balaban J connectivity index is 1.76. The molecule has 2 atom stereocenters. The van der Waals surface area contributed by atoms with Crippen LogP contribution in [0.25, 0.3) is 0 Å². The van der Waals surface area contributed by atoms with Gasteiger partial charge in [-0.2, -0.15) is 0 Å². The number of aliphatic imine (C=N–C) groups is 2. The van der Waals surface area contributed by atoms with E-state index in [9.17, 15) is 0 Å². The van der Waals surface area contributed by atoms with E-state index >= 15 is 0 Å². The molecular formula is C26H35ClN4O2. The van der Waals surface area contributed by atoms with Crippen molar-refractivity contribution in [3.05, 3.63) is 71.3 Å². The minimum atomic E-state index is -0.190. The van der Waals surface area contributed by atoms with Crippen LogP contribution in [0.3, 0.4) is 0 Å². The number of hydrogen-bond acceptors (Lipinski definition) is 6. The van der Waals surface area contributed by atoms with Gasteiger partial charge in [0.05, 0.1) is 13.2 Å². The van der Waals surface area contributed by atoms with Gasteiger partial charge in [0, 0.05) is 67.4 Å². The summed E-state index contributed by atoms with van der Waals surface area (Å²) >= 11 is 6.46. The number of nitrogens with zero attached hydrogens (tertiary/aromatic N) is 3. The summed E-state index contributed by atoms with van der Waals surface area (Å²) in [6.07, 6.45) is 20.5. The summed E-state index contributed by atoms with van der Waals surface area (Å²) in [5.41, 5.74) is 8.85. The summed E-state index contributed by atoms with van der Waals surface area (Å²) in [5.74, 6) is 0.884. The predicted octanol–water partition coefficient (Wildman–Crippen LogP) is 4.52. The van der Waals surface area contributed by atoms with Crippen molar-refractivity contribution >= 4 is 23.0 Å². The second kappa shape index (κ2) is 13.3. The van der Waals surface area contributed by atoms with Crippen LogP contribution < -0.4 is 5.73 Å². The van der Waals surface area contributed by atoms with E-state index in [2.05, 4.69) is 34.3 Å². The lowest BCUT2D eigenvalue weighted by atomic mass is 9.94. The first-order chi connectivity index (χ1) is 16.1. The van der Waals surface area contributed by atoms with Crippen molar-refractivity contribution in [1.82, 2.24) is 4.90 Å². The van der Waals surface area contributed by atoms with Crippen LogP contribution in [0.1, 0.15) is 26.2 Å². The van der Waals surface area contributed by atoms with E-state index in [0.29, 0.717) is 11.6 Å². The average molecular weight is 471 g/mol. The van der Waals surface area contributed by atoms with Crippen LogP contribution in [0.15, 0.2) is 81.3 Å². The molecule has 2 N–H and O–H groups in total. The predicted molar refractivity (Wildman–Crippen MR) is 138 cm³/mol. The number of ether oxygens (including phenoxy) is 2. The Labute approximate surface area is 202 Å². The molecule has 1 aliphatic carbocycles. The third-order valence-electron chi connectivity index (χ3n) is 5.72. The zero-order chi connectivity index (χ0) is 23.5. The molecule has 2 heterocycles. The van der Waals surface area contributed by atoms with E-state index in [-0.39, 0.29) is 12.0 Å². The Hall–Kier alpha value is -2.41. The van der Waals surface area contributed by atoms with Gasteiger partial charge in [-0.25, -0.2) is 0 Å². The second-order valence-electron chi connectivity index (χ2n) is 8.25. The quantitative estimate of drug-likeness (QED) is 0.321. The van der Waals surface area contributed by atoms with Crippen molar-refractivity contribution in [1.29, 1.82) is 0 Å². The molecule has 1 saturated heterocycles. The molecule has 0 aromatic rings. The first-order valence-corrected chi connectivity index (χ1v) is 11.9. The summed E-state index contributed by atoms with van der Waals surface area (Å²) in [4.78, 5) is 11.3. The lowest BCUT2D eigenvalue weighted by molar-refractivity contribution is 0.0590. The highest BCUT2D eigenvalue weighted by Crippen LogP contribution is 2.26. The summed E-state index contributed by atoms with van der Waals surface area (Å²) in [5, 5.41) is 0.670. The van der Waals surface area contributed by atoms with Crippen LogP contribution in [0.4, 0.5) is 0 Å². The highest BCUT2D eigenvalue weighted by atomic mass is 35.5. The van der Waals surface area contributed by atoms with Crippen molar-refractivity contribution in [2.24, 2.45) is 21.6 Å². The molecule has 7 heteroatoms. The number of nitrogens with two attached hydrogens (primary N) is 1. The molecule has 2 aliphatic heterocycles. The lowest BCUT2D eigenvalue weighted by Gasteiger charge is -2.25. The molecule has 0 spiro atoms. The second-order valence-corrected chi connectivity index (χ2v) is 8.69. The van der Waals surface area contributed by atoms with Crippen LogP contribution in [0, 0.1) is 5.92 Å². The average Bonchev–Trinajstić information content (AvgIpc) is 3.16. The number of hydrogen-bond donors (Lipinski definition) is 1. The van der Waals surface area contributed by atoms with Crippen molar-refractivity contribution in [2.45, 2.75) is 32.3 Å². The fourth-order valence-corrected chi connectivity index (χ4v) is 4.01. The van der Waals surface area contributed by atoms with E-state index in [1.165, 1.54) is 0 Å². The molecular weight excluding hydrogens is 436 g/mol. The maximum absolute atomic E-state index is 6.46. The van der Waals surface area contributed by atoms with Crippen LogP contribution >= 0.6 is 11.6 Å². The minimum absolute atomic E-state index is 0.131. The topological polar surface area (TPSA) is 72.4 Å². The molecule has 0 aromatic heterocycles. The smallest absolute Gasteiger partial charge is 0.123 e. The molecule has 0 saturated carbocycles. The van der Waals surface area contributed by atoms with Gasteiger partial charge in [-0.1, -0.05) is 29.8 Å². The van der Waals surface area contributed by atoms with E-state index in [4.69, 9.17) is 31.8 Å². The monoisotopic (exact) mass is 470 g/mol. The van der Waals surface area contributed by atoms with Gasteiger partial charge < -0.3 is 20.1 Å². The van der Waals surface area contributed by atoms with Crippen molar-refractivity contribution in [3.63, 3.8) is 0 Å². The van der Waals surface area contributed by atoms with Gasteiger partial charge >= 0.3 is 0 Å². The summed E-state index contributed by atoms with van der Waals surface area (Å²) in [6.45, 7) is 5.81. The van der Waals surface area contributed by atoms with Gasteiger partial charge in [0.25, 0.3) is 0 Å². The molecule has 178 valence electrons. The maximum atomic E-state index is 6.46. The fourth-order valence-electron chi connectivity index (χ4n) is 3.79.